The Hall–Kier alpha value is -6.15. The summed E-state index contributed by atoms with van der Waals surface area (Å²) in [6, 6.07) is 22.6. The fourth-order valence-electron chi connectivity index (χ4n) is 7.56. The molecule has 0 radical (unpaired) electrons. The van der Waals surface area contributed by atoms with Crippen LogP contribution in [-0.4, -0.2) is 62.4 Å². The normalized spacial score (nSPS) is 11.8. The Labute approximate surface area is 425 Å². The number of carbonyl (C=O) groups excluding carboxylic acids is 2. The van der Waals surface area contributed by atoms with E-state index in [1.165, 1.54) is 68.9 Å². The molecule has 0 fully saturated rings. The number of methoxy groups -OCH3 is 2. The maximum atomic E-state index is 14.6. The van der Waals surface area contributed by atoms with Gasteiger partial charge in [0.2, 0.25) is 32.9 Å². The highest BCUT2D eigenvalue weighted by Crippen LogP contribution is 2.35. The summed E-state index contributed by atoms with van der Waals surface area (Å²) >= 11 is 5.58. The number of nitrogens with one attached hydrogen (secondary N) is 1. The molecule has 0 bridgehead atoms. The number of aliphatic hydroxyl groups is 2. The number of rotatable bonds is 15. The Morgan fingerprint density at radius 3 is 1.49 bits per heavy atom. The molecular weight excluding hydrogens is 990 g/mol. The number of ether oxygens (including phenoxy) is 2. The summed E-state index contributed by atoms with van der Waals surface area (Å²) in [5, 5.41) is 24.3. The fraction of sp³-hybridized carbons (Fsp3) is 0.321. The molecule has 0 saturated carbocycles. The molecule has 2 heterocycles. The van der Waals surface area contributed by atoms with E-state index in [2.05, 4.69) is 14.7 Å². The lowest BCUT2D eigenvalue weighted by Crippen LogP contribution is -2.33. The van der Waals surface area contributed by atoms with Gasteiger partial charge in [0.1, 0.15) is 11.6 Å². The Morgan fingerprint density at radius 2 is 1.11 bits per heavy atom. The van der Waals surface area contributed by atoms with E-state index in [4.69, 9.17) is 26.2 Å². The van der Waals surface area contributed by atoms with Crippen LogP contribution < -0.4 is 19.3 Å². The standard InChI is InChI=1S/C27H31FN2O5S.C17H17ClFNO2.C9H13NO3S/c1-16(2)21-13-20(28)14-22(18-9-10-29-26(12-18)35-6)23(21)15-25(31)30-36(33,34)24-8-7-19(11-17(24)3)27(4,5)32;1-10(2)13-7-12(19)8-14(15(13)9-16(18)21)11-4-5-20-17(6-11)22-3;1-9(2,11)7-3-5-8(6-4-7)14(10,12)13/h7-14,16,32H,15H2,1-6H3,(H,30,31);4-8,10H,9H2,1-3H3;3-6,11H,1-2H3,(H2,10,12,13). The van der Waals surface area contributed by atoms with Crippen LogP contribution in [0.4, 0.5) is 8.78 Å². The first kappa shape index (κ1) is 58.4. The predicted molar refractivity (Wildman–Crippen MR) is 274 cm³/mol. The number of primary sulfonamides is 1. The maximum absolute atomic E-state index is 14.6. The topological polar surface area (TPSA) is 225 Å². The van der Waals surface area contributed by atoms with Gasteiger partial charge in [-0.15, -0.1) is 0 Å². The molecule has 4 aromatic carbocycles. The smallest absolute Gasteiger partial charge is 0.264 e. The van der Waals surface area contributed by atoms with Crippen LogP contribution in [0.5, 0.6) is 11.8 Å². The zero-order valence-electron chi connectivity index (χ0n) is 42.0. The Morgan fingerprint density at radius 1 is 0.681 bits per heavy atom. The van der Waals surface area contributed by atoms with Gasteiger partial charge in [0.15, 0.2) is 0 Å². The fourth-order valence-corrected chi connectivity index (χ4v) is 9.42. The SMILES string of the molecule is CC(C)(O)c1ccc(S(N)(=O)=O)cc1.COc1cc(-c2cc(F)cc(C(C)C)c2CC(=O)Cl)ccn1.COc1cc(-c2cc(F)cc(C(C)C)c2CC(=O)NS(=O)(=O)c2ccc(C(C)(C)O)cc2C)ccn1. The van der Waals surface area contributed by atoms with E-state index in [9.17, 15) is 45.4 Å². The van der Waals surface area contributed by atoms with Gasteiger partial charge < -0.3 is 19.7 Å². The molecule has 0 saturated heterocycles. The van der Waals surface area contributed by atoms with E-state index in [-0.39, 0.29) is 40.3 Å². The first-order valence-corrected chi connectivity index (χ1v) is 25.9. The number of carbonyl (C=O) groups is 2. The van der Waals surface area contributed by atoms with Crippen LogP contribution in [0.3, 0.4) is 0 Å². The molecule has 386 valence electrons. The number of halogens is 3. The van der Waals surface area contributed by atoms with Crippen LogP contribution in [0.2, 0.25) is 0 Å². The predicted octanol–water partition coefficient (Wildman–Crippen LogP) is 9.49. The minimum absolute atomic E-state index is 0.0468. The molecule has 0 atom stereocenters. The van der Waals surface area contributed by atoms with Crippen LogP contribution in [0.15, 0.2) is 113 Å². The molecule has 5 N–H and O–H groups in total. The largest absolute Gasteiger partial charge is 0.481 e. The average Bonchev–Trinajstić information content (AvgIpc) is 3.28. The van der Waals surface area contributed by atoms with E-state index in [0.717, 1.165) is 16.7 Å². The quantitative estimate of drug-likeness (QED) is 0.0706. The lowest BCUT2D eigenvalue weighted by Gasteiger charge is -2.20. The third kappa shape index (κ3) is 15.9. The molecule has 0 aliphatic rings. The summed E-state index contributed by atoms with van der Waals surface area (Å²) in [6.07, 6.45) is 2.87. The van der Waals surface area contributed by atoms with Crippen molar-refractivity contribution in [1.29, 1.82) is 0 Å². The highest BCUT2D eigenvalue weighted by molar-refractivity contribution is 7.90. The van der Waals surface area contributed by atoms with Gasteiger partial charge in [-0.2, -0.15) is 0 Å². The van der Waals surface area contributed by atoms with Crippen LogP contribution >= 0.6 is 11.6 Å². The third-order valence-corrected chi connectivity index (χ3v) is 13.8. The molecule has 14 nitrogen and oxygen atoms in total. The second kappa shape index (κ2) is 24.0. The van der Waals surface area contributed by atoms with Crippen molar-refractivity contribution in [3.05, 3.63) is 154 Å². The molecule has 0 unspecified atom stereocenters. The van der Waals surface area contributed by atoms with Gasteiger partial charge in [0, 0.05) is 30.9 Å². The molecule has 2 aromatic heterocycles. The third-order valence-electron chi connectivity index (χ3n) is 11.2. The van der Waals surface area contributed by atoms with E-state index in [1.807, 2.05) is 27.7 Å². The van der Waals surface area contributed by atoms with Crippen LogP contribution in [0.1, 0.15) is 106 Å². The molecule has 0 aliphatic carbocycles. The number of aromatic nitrogens is 2. The zero-order chi connectivity index (χ0) is 54.1. The van der Waals surface area contributed by atoms with E-state index in [0.29, 0.717) is 56.3 Å². The summed E-state index contributed by atoms with van der Waals surface area (Å²) in [6.45, 7) is 15.7. The lowest BCUT2D eigenvalue weighted by molar-refractivity contribution is -0.118. The first-order chi connectivity index (χ1) is 33.4. The number of pyridine rings is 2. The first-order valence-electron chi connectivity index (χ1n) is 22.4. The van der Waals surface area contributed by atoms with Crippen molar-refractivity contribution < 1.29 is 54.9 Å². The Balaban J connectivity index is 0.000000264. The number of nitrogens with two attached hydrogens (primary N) is 1. The van der Waals surface area contributed by atoms with E-state index in [1.54, 1.807) is 83.3 Å². The van der Waals surface area contributed by atoms with Crippen molar-refractivity contribution in [2.24, 2.45) is 5.14 Å². The molecular formula is C53H61ClF2N4O10S2. The van der Waals surface area contributed by atoms with Crippen LogP contribution in [-0.2, 0) is 53.7 Å². The summed E-state index contributed by atoms with van der Waals surface area (Å²) < 4.78 is 88.9. The van der Waals surface area contributed by atoms with Crippen molar-refractivity contribution in [2.45, 2.75) is 108 Å². The Bertz CT molecular complexity index is 3140. The minimum atomic E-state index is -4.19. The molecule has 72 heavy (non-hydrogen) atoms. The summed E-state index contributed by atoms with van der Waals surface area (Å²) in [5.74, 6) is -0.869. The van der Waals surface area contributed by atoms with Gasteiger partial charge in [-0.05, 0) is 174 Å². The van der Waals surface area contributed by atoms with Crippen molar-refractivity contribution >= 4 is 42.8 Å². The highest BCUT2D eigenvalue weighted by Gasteiger charge is 2.26. The van der Waals surface area contributed by atoms with Crippen LogP contribution in [0.25, 0.3) is 22.3 Å². The van der Waals surface area contributed by atoms with Gasteiger partial charge in [0.05, 0.1) is 41.6 Å². The molecule has 6 rings (SSSR count). The van der Waals surface area contributed by atoms with Crippen molar-refractivity contribution in [2.75, 3.05) is 14.2 Å². The van der Waals surface area contributed by atoms with Gasteiger partial charge in [-0.1, -0.05) is 52.0 Å². The van der Waals surface area contributed by atoms with Crippen molar-refractivity contribution in [1.82, 2.24) is 14.7 Å². The number of aryl methyl sites for hydroxylation is 1. The zero-order valence-corrected chi connectivity index (χ0v) is 44.4. The Kier molecular flexibility index (Phi) is 19.5. The number of hydrogen-bond donors (Lipinski definition) is 4. The number of hydrogen-bond acceptors (Lipinski definition) is 12. The van der Waals surface area contributed by atoms with Crippen molar-refractivity contribution in [3.8, 4) is 34.0 Å². The number of nitrogens with zero attached hydrogens (tertiary/aromatic N) is 2. The van der Waals surface area contributed by atoms with Crippen LogP contribution in [0, 0.1) is 18.6 Å². The number of amides is 1. The molecule has 0 spiro atoms. The lowest BCUT2D eigenvalue weighted by atomic mass is 9.88. The van der Waals surface area contributed by atoms with E-state index >= 15 is 0 Å². The number of sulfonamides is 2. The summed E-state index contributed by atoms with van der Waals surface area (Å²) in [4.78, 5) is 32.6. The average molecular weight is 1050 g/mol. The summed E-state index contributed by atoms with van der Waals surface area (Å²) in [7, 11) is -4.85. The second-order valence-corrected chi connectivity index (χ2v) is 22.1. The monoisotopic (exact) mass is 1050 g/mol. The van der Waals surface area contributed by atoms with E-state index < -0.39 is 48.2 Å². The molecule has 19 heteroatoms. The number of benzene rings is 4. The van der Waals surface area contributed by atoms with Crippen molar-refractivity contribution in [3.63, 3.8) is 0 Å². The molecule has 6 aromatic rings. The molecule has 0 aliphatic heterocycles. The summed E-state index contributed by atoms with van der Waals surface area (Å²) in [5.41, 5.74) is 4.52. The van der Waals surface area contributed by atoms with Gasteiger partial charge in [-0.25, -0.2) is 45.4 Å². The minimum Gasteiger partial charge on any atom is -0.481 e. The maximum Gasteiger partial charge on any atom is 0.264 e. The highest BCUT2D eigenvalue weighted by atomic mass is 35.5. The van der Waals surface area contributed by atoms with Gasteiger partial charge in [0.25, 0.3) is 10.0 Å². The van der Waals surface area contributed by atoms with Gasteiger partial charge >= 0.3 is 0 Å². The van der Waals surface area contributed by atoms with Gasteiger partial charge in [-0.3, -0.25) is 9.59 Å². The second-order valence-electron chi connectivity index (χ2n) is 18.4. The molecule has 1 amide bonds.